The summed E-state index contributed by atoms with van der Waals surface area (Å²) in [6, 6.07) is 6.57. The van der Waals surface area contributed by atoms with Gasteiger partial charge in [-0.1, -0.05) is 6.07 Å². The molecule has 1 aromatic carbocycles. The normalized spacial score (nSPS) is 19.3. The second-order valence-corrected chi connectivity index (χ2v) is 4.81. The molecule has 1 N–H and O–H groups in total. The summed E-state index contributed by atoms with van der Waals surface area (Å²) in [6.45, 7) is 1.06. The van der Waals surface area contributed by atoms with Crippen molar-refractivity contribution in [3.05, 3.63) is 35.1 Å². The Morgan fingerprint density at radius 2 is 2.37 bits per heavy atom. The monoisotopic (exact) mass is 261 g/mol. The van der Waals surface area contributed by atoms with Crippen LogP contribution in [0.5, 0.6) is 0 Å². The molecule has 0 saturated carbocycles. The molecular formula is C14H16FN3O. The van der Waals surface area contributed by atoms with E-state index in [1.165, 1.54) is 6.07 Å². The summed E-state index contributed by atoms with van der Waals surface area (Å²) < 4.78 is 13.7. The topological polar surface area (TPSA) is 56.1 Å². The third-order valence-electron chi connectivity index (χ3n) is 3.39. The van der Waals surface area contributed by atoms with Crippen LogP contribution < -0.4 is 5.32 Å². The fraction of sp³-hybridized carbons (Fsp3) is 0.429. The van der Waals surface area contributed by atoms with Gasteiger partial charge in [-0.2, -0.15) is 5.26 Å². The molecule has 0 spiro atoms. The Kier molecular flexibility index (Phi) is 4.13. The first-order valence-corrected chi connectivity index (χ1v) is 6.26. The number of amides is 1. The van der Waals surface area contributed by atoms with Crippen molar-refractivity contribution in [1.29, 1.82) is 5.26 Å². The van der Waals surface area contributed by atoms with Crippen molar-refractivity contribution in [3.8, 4) is 6.07 Å². The van der Waals surface area contributed by atoms with Crippen molar-refractivity contribution < 1.29 is 9.18 Å². The Balaban J connectivity index is 1.92. The average molecular weight is 261 g/mol. The van der Waals surface area contributed by atoms with Gasteiger partial charge in [-0.25, -0.2) is 4.39 Å². The summed E-state index contributed by atoms with van der Waals surface area (Å²) in [4.78, 5) is 13.0. The highest BCUT2D eigenvalue weighted by atomic mass is 19.1. The number of nitriles is 1. The molecule has 0 radical (unpaired) electrons. The van der Waals surface area contributed by atoms with Gasteiger partial charge in [0.05, 0.1) is 11.6 Å². The first kappa shape index (κ1) is 13.5. The van der Waals surface area contributed by atoms with Crippen LogP contribution in [0.1, 0.15) is 24.0 Å². The number of piperidine rings is 1. The van der Waals surface area contributed by atoms with Crippen LogP contribution in [0.3, 0.4) is 0 Å². The molecule has 1 heterocycles. The average Bonchev–Trinajstić information content (AvgIpc) is 2.41. The fourth-order valence-electron chi connectivity index (χ4n) is 2.19. The van der Waals surface area contributed by atoms with Crippen molar-refractivity contribution in [2.24, 2.45) is 0 Å². The molecule has 0 bridgehead atoms. The fourth-order valence-corrected chi connectivity index (χ4v) is 2.19. The highest BCUT2D eigenvalue weighted by Gasteiger charge is 2.22. The number of rotatable bonds is 3. The molecule has 1 unspecified atom stereocenters. The number of likely N-dealkylation sites (tertiary alicyclic amines) is 1. The Hall–Kier alpha value is -1.93. The number of carbonyl (C=O) groups excluding carboxylic acids is 1. The van der Waals surface area contributed by atoms with Crippen molar-refractivity contribution >= 4 is 5.91 Å². The molecule has 1 aliphatic heterocycles. The largest absolute Gasteiger partial charge is 0.344 e. The molecule has 0 aliphatic carbocycles. The van der Waals surface area contributed by atoms with Gasteiger partial charge in [-0.05, 0) is 18.6 Å². The van der Waals surface area contributed by atoms with E-state index >= 15 is 0 Å². The van der Waals surface area contributed by atoms with Crippen LogP contribution in [-0.4, -0.2) is 30.4 Å². The summed E-state index contributed by atoms with van der Waals surface area (Å²) in [5.74, 6) is -0.214. The number of nitrogens with one attached hydrogen (secondary N) is 1. The molecule has 19 heavy (non-hydrogen) atoms. The summed E-state index contributed by atoms with van der Waals surface area (Å²) in [5, 5.41) is 11.9. The molecule has 1 aliphatic rings. The third-order valence-corrected chi connectivity index (χ3v) is 3.39. The number of likely N-dealkylation sites (N-methyl/N-ethyl adjacent to an activating group) is 1. The molecular weight excluding hydrogens is 245 g/mol. The molecule has 0 aromatic heterocycles. The number of carbonyl (C=O) groups is 1. The maximum absolute atomic E-state index is 13.7. The van der Waals surface area contributed by atoms with Gasteiger partial charge in [0, 0.05) is 38.2 Å². The van der Waals surface area contributed by atoms with E-state index in [-0.39, 0.29) is 17.8 Å². The number of hydrogen-bond acceptors (Lipinski definition) is 3. The van der Waals surface area contributed by atoms with E-state index in [9.17, 15) is 9.18 Å². The van der Waals surface area contributed by atoms with E-state index in [0.717, 1.165) is 6.42 Å². The van der Waals surface area contributed by atoms with Crippen molar-refractivity contribution in [1.82, 2.24) is 10.2 Å². The number of hydrogen-bond donors (Lipinski definition) is 1. The predicted octanol–water partition coefficient (Wildman–Crippen LogP) is 1.41. The third kappa shape index (κ3) is 3.30. The minimum atomic E-state index is -0.369. The minimum absolute atomic E-state index is 0.155. The summed E-state index contributed by atoms with van der Waals surface area (Å²) in [5.41, 5.74) is 0.864. The molecule has 5 heteroatoms. The summed E-state index contributed by atoms with van der Waals surface area (Å²) >= 11 is 0. The quantitative estimate of drug-likeness (QED) is 0.895. The van der Waals surface area contributed by atoms with Gasteiger partial charge in [0.25, 0.3) is 0 Å². The smallest absolute Gasteiger partial charge is 0.222 e. The van der Waals surface area contributed by atoms with E-state index in [4.69, 9.17) is 5.26 Å². The minimum Gasteiger partial charge on any atom is -0.344 e. The van der Waals surface area contributed by atoms with Crippen LogP contribution in [0.25, 0.3) is 0 Å². The molecule has 1 amide bonds. The maximum Gasteiger partial charge on any atom is 0.222 e. The second-order valence-electron chi connectivity index (χ2n) is 4.81. The Morgan fingerprint density at radius 1 is 1.58 bits per heavy atom. The van der Waals surface area contributed by atoms with Crippen LogP contribution in [0.4, 0.5) is 4.39 Å². The van der Waals surface area contributed by atoms with Crippen molar-refractivity contribution in [2.75, 3.05) is 13.6 Å². The van der Waals surface area contributed by atoms with E-state index in [1.54, 1.807) is 24.1 Å². The molecule has 1 atom stereocenters. The van der Waals surface area contributed by atoms with Crippen LogP contribution >= 0.6 is 0 Å². The lowest BCUT2D eigenvalue weighted by molar-refractivity contribution is -0.132. The Morgan fingerprint density at radius 3 is 3.00 bits per heavy atom. The maximum atomic E-state index is 13.7. The summed E-state index contributed by atoms with van der Waals surface area (Å²) in [6.07, 6.45) is 1.31. The van der Waals surface area contributed by atoms with Gasteiger partial charge in [-0.3, -0.25) is 4.79 Å². The lowest BCUT2D eigenvalue weighted by Gasteiger charge is -2.30. The van der Waals surface area contributed by atoms with Crippen LogP contribution in [-0.2, 0) is 11.3 Å². The van der Waals surface area contributed by atoms with Gasteiger partial charge in [-0.15, -0.1) is 0 Å². The van der Waals surface area contributed by atoms with Crippen LogP contribution in [0.15, 0.2) is 18.2 Å². The zero-order valence-corrected chi connectivity index (χ0v) is 10.8. The molecule has 1 fully saturated rings. The molecule has 1 saturated heterocycles. The van der Waals surface area contributed by atoms with Crippen molar-refractivity contribution in [3.63, 3.8) is 0 Å². The standard InChI is InChI=1S/C14H16FN3O/c1-18-9-12(4-5-14(18)19)17-8-11-3-2-10(7-16)6-13(11)15/h2-3,6,12,17H,4-5,8-9H2,1H3. The number of benzene rings is 1. The zero-order valence-electron chi connectivity index (χ0n) is 10.8. The number of halogens is 1. The highest BCUT2D eigenvalue weighted by molar-refractivity contribution is 5.76. The Bertz CT molecular complexity index is 524. The van der Waals surface area contributed by atoms with E-state index in [2.05, 4.69) is 5.32 Å². The van der Waals surface area contributed by atoms with E-state index < -0.39 is 0 Å². The van der Waals surface area contributed by atoms with Gasteiger partial charge in [0.1, 0.15) is 5.82 Å². The van der Waals surface area contributed by atoms with E-state index in [1.807, 2.05) is 6.07 Å². The first-order valence-electron chi connectivity index (χ1n) is 6.26. The SMILES string of the molecule is CN1CC(NCc2ccc(C#N)cc2F)CCC1=O. The number of nitrogens with zero attached hydrogens (tertiary/aromatic N) is 2. The van der Waals surface area contributed by atoms with Crippen molar-refractivity contribution in [2.45, 2.75) is 25.4 Å². The second kappa shape index (κ2) is 5.81. The molecule has 4 nitrogen and oxygen atoms in total. The van der Waals surface area contributed by atoms with Gasteiger partial charge in [0.15, 0.2) is 0 Å². The van der Waals surface area contributed by atoms with Crippen LogP contribution in [0.2, 0.25) is 0 Å². The molecule has 2 rings (SSSR count). The highest BCUT2D eigenvalue weighted by Crippen LogP contribution is 2.13. The molecule has 100 valence electrons. The first-order chi connectivity index (χ1) is 9.10. The van der Waals surface area contributed by atoms with Gasteiger partial charge < -0.3 is 10.2 Å². The lowest BCUT2D eigenvalue weighted by Crippen LogP contribution is -2.46. The van der Waals surface area contributed by atoms with Crippen LogP contribution in [0, 0.1) is 17.1 Å². The van der Waals surface area contributed by atoms with E-state index in [0.29, 0.717) is 30.6 Å². The summed E-state index contributed by atoms with van der Waals surface area (Å²) in [7, 11) is 1.78. The Labute approximate surface area is 111 Å². The predicted molar refractivity (Wildman–Crippen MR) is 68.6 cm³/mol. The molecule has 1 aromatic rings. The van der Waals surface area contributed by atoms with Gasteiger partial charge >= 0.3 is 0 Å². The zero-order chi connectivity index (χ0) is 13.8. The van der Waals surface area contributed by atoms with Gasteiger partial charge in [0.2, 0.25) is 5.91 Å². The lowest BCUT2D eigenvalue weighted by atomic mass is 10.0.